The van der Waals surface area contributed by atoms with Crippen LogP contribution in [0.5, 0.6) is 5.75 Å². The van der Waals surface area contributed by atoms with Crippen molar-refractivity contribution in [2.45, 2.75) is 32.2 Å². The fraction of sp³-hybridized carbons (Fsp3) is 0.219. The molecule has 0 fully saturated rings. The highest BCUT2D eigenvalue weighted by molar-refractivity contribution is 5.62. The van der Waals surface area contributed by atoms with E-state index in [1.165, 1.54) is 16.7 Å². The Morgan fingerprint density at radius 3 is 1.83 bits per heavy atom. The Bertz CT molecular complexity index is 1120. The second-order valence-electron chi connectivity index (χ2n) is 8.77. The van der Waals surface area contributed by atoms with Crippen molar-refractivity contribution in [2.75, 3.05) is 13.2 Å². The highest BCUT2D eigenvalue weighted by atomic mass is 16.5. The molecule has 0 N–H and O–H groups in total. The van der Waals surface area contributed by atoms with E-state index < -0.39 is 0 Å². The zero-order valence-corrected chi connectivity index (χ0v) is 20.5. The molecule has 4 nitrogen and oxygen atoms in total. The van der Waals surface area contributed by atoms with Gasteiger partial charge in [0.25, 0.3) is 0 Å². The van der Waals surface area contributed by atoms with Crippen LogP contribution < -0.4 is 4.74 Å². The molecule has 1 unspecified atom stereocenters. The summed E-state index contributed by atoms with van der Waals surface area (Å²) in [5.41, 5.74) is 4.43. The van der Waals surface area contributed by atoms with Crippen LogP contribution in [0.4, 0.5) is 0 Å². The van der Waals surface area contributed by atoms with Crippen LogP contribution in [0.3, 0.4) is 0 Å². The van der Waals surface area contributed by atoms with Crippen molar-refractivity contribution in [3.63, 3.8) is 0 Å². The van der Waals surface area contributed by atoms with Crippen molar-refractivity contribution in [1.82, 2.24) is 4.90 Å². The highest BCUT2D eigenvalue weighted by Gasteiger charge is 2.21. The van der Waals surface area contributed by atoms with Gasteiger partial charge in [0.05, 0.1) is 25.9 Å². The molecular weight excluding hydrogens is 446 g/mol. The predicted molar refractivity (Wildman–Crippen MR) is 144 cm³/mol. The van der Waals surface area contributed by atoms with Gasteiger partial charge in [0.2, 0.25) is 0 Å². The lowest BCUT2D eigenvalue weighted by molar-refractivity contribution is -0.113. The van der Waals surface area contributed by atoms with Crippen molar-refractivity contribution < 1.29 is 14.3 Å². The number of rotatable bonds is 14. The zero-order valence-electron chi connectivity index (χ0n) is 20.5. The Morgan fingerprint density at radius 1 is 0.667 bits per heavy atom. The van der Waals surface area contributed by atoms with Crippen LogP contribution in [0.1, 0.15) is 34.7 Å². The number of hydrogen-bond acceptors (Lipinski definition) is 4. The summed E-state index contributed by atoms with van der Waals surface area (Å²) in [6.07, 6.45) is 1.82. The van der Waals surface area contributed by atoms with Crippen molar-refractivity contribution in [1.29, 1.82) is 0 Å². The van der Waals surface area contributed by atoms with E-state index in [1.54, 1.807) is 0 Å². The van der Waals surface area contributed by atoms with E-state index >= 15 is 0 Å². The second kappa shape index (κ2) is 14.0. The van der Waals surface area contributed by atoms with Gasteiger partial charge in [-0.3, -0.25) is 4.90 Å². The van der Waals surface area contributed by atoms with Gasteiger partial charge in [-0.05, 0) is 34.4 Å². The Balaban J connectivity index is 1.37. The molecule has 0 spiro atoms. The van der Waals surface area contributed by atoms with E-state index in [0.717, 1.165) is 24.0 Å². The Labute approximate surface area is 214 Å². The molecule has 36 heavy (non-hydrogen) atoms. The minimum atomic E-state index is -0.386. The molecule has 0 saturated heterocycles. The quantitative estimate of drug-likeness (QED) is 0.151. The topological polar surface area (TPSA) is 38.8 Å². The molecule has 4 heteroatoms. The second-order valence-corrected chi connectivity index (χ2v) is 8.77. The summed E-state index contributed by atoms with van der Waals surface area (Å²) in [5, 5.41) is 0. The lowest BCUT2D eigenvalue weighted by Crippen LogP contribution is -2.29. The third-order valence-electron chi connectivity index (χ3n) is 5.99. The lowest BCUT2D eigenvalue weighted by atomic mass is 10.0. The van der Waals surface area contributed by atoms with Crippen LogP contribution >= 0.6 is 0 Å². The number of benzene rings is 4. The lowest BCUT2D eigenvalue weighted by Gasteiger charge is -2.29. The summed E-state index contributed by atoms with van der Waals surface area (Å²) >= 11 is 0. The smallest absolute Gasteiger partial charge is 0.141 e. The molecule has 0 amide bonds. The monoisotopic (exact) mass is 479 g/mol. The number of hydrogen-bond donors (Lipinski definition) is 0. The van der Waals surface area contributed by atoms with E-state index in [2.05, 4.69) is 41.3 Å². The summed E-state index contributed by atoms with van der Waals surface area (Å²) in [5.74, 6) is 0.766. The zero-order chi connectivity index (χ0) is 24.8. The molecule has 4 rings (SSSR count). The van der Waals surface area contributed by atoms with Gasteiger partial charge in [0.15, 0.2) is 0 Å². The Kier molecular flexibility index (Phi) is 9.85. The van der Waals surface area contributed by atoms with E-state index in [0.29, 0.717) is 32.9 Å². The number of ether oxygens (including phenoxy) is 2. The van der Waals surface area contributed by atoms with Gasteiger partial charge in [0, 0.05) is 19.5 Å². The molecule has 184 valence electrons. The molecule has 0 aliphatic carbocycles. The summed E-state index contributed by atoms with van der Waals surface area (Å²) < 4.78 is 11.7. The van der Waals surface area contributed by atoms with E-state index in [4.69, 9.17) is 9.47 Å². The molecule has 0 aliphatic rings. The molecule has 1 atom stereocenters. The molecule has 0 saturated carbocycles. The standard InChI is InChI=1S/C32H33NO3/c34-25-32(33(23-27-12-4-1-5-13-27)24-28-14-6-2-7-15-28)30-18-10-19-31(22-30)36-21-11-20-35-26-29-16-8-3-9-17-29/h1-10,12-19,22,25,32H,11,20-21,23-24,26H2. The molecule has 0 aromatic heterocycles. The van der Waals surface area contributed by atoms with Crippen molar-refractivity contribution in [3.8, 4) is 5.75 Å². The van der Waals surface area contributed by atoms with E-state index in [-0.39, 0.29) is 6.04 Å². The van der Waals surface area contributed by atoms with Gasteiger partial charge in [-0.1, -0.05) is 103 Å². The third kappa shape index (κ3) is 7.91. The normalized spacial score (nSPS) is 11.8. The average molecular weight is 480 g/mol. The van der Waals surface area contributed by atoms with Crippen LogP contribution in [0.25, 0.3) is 0 Å². The Morgan fingerprint density at radius 2 is 1.25 bits per heavy atom. The van der Waals surface area contributed by atoms with Gasteiger partial charge in [-0.2, -0.15) is 0 Å². The summed E-state index contributed by atoms with van der Waals surface area (Å²) in [6.45, 7) is 3.14. The van der Waals surface area contributed by atoms with Gasteiger partial charge in [-0.15, -0.1) is 0 Å². The number of nitrogens with zero attached hydrogens (tertiary/aromatic N) is 1. The van der Waals surface area contributed by atoms with E-state index in [9.17, 15) is 4.79 Å². The summed E-state index contributed by atoms with van der Waals surface area (Å²) in [6, 6.07) is 38.2. The van der Waals surface area contributed by atoms with Crippen molar-refractivity contribution in [2.24, 2.45) is 0 Å². The summed E-state index contributed by atoms with van der Waals surface area (Å²) in [4.78, 5) is 14.6. The first kappa shape index (κ1) is 25.4. The van der Waals surface area contributed by atoms with E-state index in [1.807, 2.05) is 78.9 Å². The molecule has 0 heterocycles. The van der Waals surface area contributed by atoms with Crippen LogP contribution in [0, 0.1) is 0 Å². The molecule has 0 aliphatic heterocycles. The largest absolute Gasteiger partial charge is 0.493 e. The predicted octanol–water partition coefficient (Wildman–Crippen LogP) is 6.61. The van der Waals surface area contributed by atoms with Crippen LogP contribution in [0.2, 0.25) is 0 Å². The fourth-order valence-corrected chi connectivity index (χ4v) is 4.17. The van der Waals surface area contributed by atoms with Crippen LogP contribution in [0.15, 0.2) is 115 Å². The number of aldehydes is 1. The molecule has 4 aromatic rings. The molecule has 0 bridgehead atoms. The van der Waals surface area contributed by atoms with Crippen molar-refractivity contribution >= 4 is 6.29 Å². The number of carbonyl (C=O) groups excluding carboxylic acids is 1. The molecular formula is C32H33NO3. The van der Waals surface area contributed by atoms with Gasteiger partial charge in [-0.25, -0.2) is 0 Å². The van der Waals surface area contributed by atoms with Gasteiger partial charge >= 0.3 is 0 Å². The first-order valence-electron chi connectivity index (χ1n) is 12.4. The first-order valence-corrected chi connectivity index (χ1v) is 12.4. The van der Waals surface area contributed by atoms with Crippen molar-refractivity contribution in [3.05, 3.63) is 138 Å². The first-order chi connectivity index (χ1) is 17.8. The fourth-order valence-electron chi connectivity index (χ4n) is 4.17. The van der Waals surface area contributed by atoms with Gasteiger partial charge in [0.1, 0.15) is 12.0 Å². The minimum Gasteiger partial charge on any atom is -0.493 e. The van der Waals surface area contributed by atoms with Crippen LogP contribution in [-0.2, 0) is 29.2 Å². The maximum Gasteiger partial charge on any atom is 0.141 e. The minimum absolute atomic E-state index is 0.386. The van der Waals surface area contributed by atoms with Gasteiger partial charge < -0.3 is 14.3 Å². The number of carbonyl (C=O) groups is 1. The SMILES string of the molecule is O=CC(c1cccc(OCCCOCc2ccccc2)c1)N(Cc1ccccc1)Cc1ccccc1. The summed E-state index contributed by atoms with van der Waals surface area (Å²) in [7, 11) is 0. The molecule has 0 radical (unpaired) electrons. The third-order valence-corrected chi connectivity index (χ3v) is 5.99. The Hall–Kier alpha value is -3.73. The van der Waals surface area contributed by atoms with Crippen LogP contribution in [-0.4, -0.2) is 24.4 Å². The average Bonchev–Trinajstić information content (AvgIpc) is 2.93. The maximum absolute atomic E-state index is 12.4. The highest BCUT2D eigenvalue weighted by Crippen LogP contribution is 2.26. The molecule has 4 aromatic carbocycles. The maximum atomic E-state index is 12.4.